The summed E-state index contributed by atoms with van der Waals surface area (Å²) in [6.45, 7) is 8.38. The molecule has 3 rings (SSSR count). The third kappa shape index (κ3) is 5.82. The molecule has 0 amide bonds. The molecule has 0 saturated carbocycles. The highest BCUT2D eigenvalue weighted by atomic mass is 16.5. The van der Waals surface area contributed by atoms with Gasteiger partial charge in [-0.25, -0.2) is 0 Å². The van der Waals surface area contributed by atoms with Crippen molar-refractivity contribution in [1.29, 1.82) is 0 Å². The summed E-state index contributed by atoms with van der Waals surface area (Å²) in [4.78, 5) is 4.56. The van der Waals surface area contributed by atoms with Crippen molar-refractivity contribution in [3.63, 3.8) is 0 Å². The molecule has 26 heavy (non-hydrogen) atoms. The molecule has 2 aliphatic rings. The van der Waals surface area contributed by atoms with Crippen LogP contribution in [0.2, 0.25) is 0 Å². The highest BCUT2D eigenvalue weighted by Crippen LogP contribution is 2.29. The number of methoxy groups -OCH3 is 1. The Balaban J connectivity index is 1.50. The predicted molar refractivity (Wildman–Crippen MR) is 97.9 cm³/mol. The average Bonchev–Trinajstić information content (AvgIpc) is 2.68. The number of ether oxygens (including phenoxy) is 4. The van der Waals surface area contributed by atoms with Crippen LogP contribution in [0.1, 0.15) is 5.56 Å². The Hall–Kier alpha value is -1.38. The van der Waals surface area contributed by atoms with Gasteiger partial charge < -0.3 is 24.1 Å². The molecule has 2 saturated heterocycles. The van der Waals surface area contributed by atoms with Gasteiger partial charge in [-0.2, -0.15) is 0 Å². The lowest BCUT2D eigenvalue weighted by Gasteiger charge is -2.28. The van der Waals surface area contributed by atoms with Crippen molar-refractivity contribution in [1.82, 2.24) is 9.80 Å². The standard InChI is InChI=1S/C19H30N2O5/c1-23-19-12-16(13-20-4-8-24-9-5-20)2-3-18(19)26-15-17(22)14-21-6-10-25-11-7-21/h2-3,12,17,22H,4-11,13-15H2,1H3. The van der Waals surface area contributed by atoms with Gasteiger partial charge in [-0.15, -0.1) is 0 Å². The van der Waals surface area contributed by atoms with Gasteiger partial charge in [0, 0.05) is 39.3 Å². The fourth-order valence-corrected chi connectivity index (χ4v) is 3.27. The summed E-state index contributed by atoms with van der Waals surface area (Å²) in [5, 5.41) is 10.2. The first-order valence-electron chi connectivity index (χ1n) is 9.32. The molecule has 0 bridgehead atoms. The number of rotatable bonds is 8. The van der Waals surface area contributed by atoms with Crippen molar-refractivity contribution in [3.05, 3.63) is 23.8 Å². The van der Waals surface area contributed by atoms with E-state index in [4.69, 9.17) is 18.9 Å². The molecule has 0 spiro atoms. The van der Waals surface area contributed by atoms with E-state index >= 15 is 0 Å². The van der Waals surface area contributed by atoms with E-state index in [1.165, 1.54) is 5.56 Å². The first-order chi connectivity index (χ1) is 12.7. The molecule has 2 fully saturated rings. The molecule has 7 nitrogen and oxygen atoms in total. The molecule has 0 aromatic heterocycles. The minimum absolute atomic E-state index is 0.247. The normalized spacial score (nSPS) is 20.7. The van der Waals surface area contributed by atoms with Gasteiger partial charge in [-0.3, -0.25) is 9.80 Å². The number of β-amino-alcohol motifs (C(OH)–C–C–N with tert-alkyl or cyclic N) is 1. The molecule has 7 heteroatoms. The number of nitrogens with zero attached hydrogens (tertiary/aromatic N) is 2. The van der Waals surface area contributed by atoms with Gasteiger partial charge in [0.15, 0.2) is 11.5 Å². The maximum absolute atomic E-state index is 10.2. The highest BCUT2D eigenvalue weighted by molar-refractivity contribution is 5.43. The van der Waals surface area contributed by atoms with Crippen LogP contribution in [-0.4, -0.2) is 93.9 Å². The minimum Gasteiger partial charge on any atom is -0.493 e. The fourth-order valence-electron chi connectivity index (χ4n) is 3.27. The second-order valence-corrected chi connectivity index (χ2v) is 6.75. The van der Waals surface area contributed by atoms with E-state index in [1.807, 2.05) is 12.1 Å². The second-order valence-electron chi connectivity index (χ2n) is 6.75. The summed E-state index contributed by atoms with van der Waals surface area (Å²) < 4.78 is 22.0. The smallest absolute Gasteiger partial charge is 0.161 e. The molecule has 0 radical (unpaired) electrons. The number of aliphatic hydroxyl groups is 1. The van der Waals surface area contributed by atoms with Crippen LogP contribution in [0, 0.1) is 0 Å². The van der Waals surface area contributed by atoms with E-state index in [1.54, 1.807) is 7.11 Å². The largest absolute Gasteiger partial charge is 0.493 e. The lowest BCUT2D eigenvalue weighted by Crippen LogP contribution is -2.42. The minimum atomic E-state index is -0.536. The second kappa shape index (κ2) is 10.1. The van der Waals surface area contributed by atoms with E-state index < -0.39 is 6.10 Å². The van der Waals surface area contributed by atoms with Gasteiger partial charge in [0.1, 0.15) is 12.7 Å². The summed E-state index contributed by atoms with van der Waals surface area (Å²) in [5.74, 6) is 1.37. The molecule has 0 aliphatic carbocycles. The van der Waals surface area contributed by atoms with Gasteiger partial charge in [-0.1, -0.05) is 6.07 Å². The Morgan fingerprint density at radius 1 is 1.00 bits per heavy atom. The van der Waals surface area contributed by atoms with Crippen LogP contribution in [0.15, 0.2) is 18.2 Å². The van der Waals surface area contributed by atoms with Crippen LogP contribution in [0.3, 0.4) is 0 Å². The Labute approximate surface area is 155 Å². The fraction of sp³-hybridized carbons (Fsp3) is 0.684. The molecule has 146 valence electrons. The molecule has 2 heterocycles. The van der Waals surface area contributed by atoms with Crippen molar-refractivity contribution in [2.24, 2.45) is 0 Å². The first kappa shape index (κ1) is 19.4. The average molecular weight is 366 g/mol. The Bertz CT molecular complexity index is 545. The zero-order chi connectivity index (χ0) is 18.2. The quantitative estimate of drug-likeness (QED) is 0.723. The summed E-state index contributed by atoms with van der Waals surface area (Å²) in [6.07, 6.45) is -0.536. The van der Waals surface area contributed by atoms with E-state index in [0.29, 0.717) is 18.0 Å². The number of benzene rings is 1. The van der Waals surface area contributed by atoms with Crippen LogP contribution < -0.4 is 9.47 Å². The molecule has 1 unspecified atom stereocenters. The van der Waals surface area contributed by atoms with Crippen LogP contribution in [0.5, 0.6) is 11.5 Å². The maximum Gasteiger partial charge on any atom is 0.161 e. The van der Waals surface area contributed by atoms with Crippen LogP contribution in [-0.2, 0) is 16.0 Å². The number of hydrogen-bond acceptors (Lipinski definition) is 7. The molecular formula is C19H30N2O5. The third-order valence-electron chi connectivity index (χ3n) is 4.74. The molecule has 1 aromatic carbocycles. The monoisotopic (exact) mass is 366 g/mol. The van der Waals surface area contributed by atoms with E-state index in [2.05, 4.69) is 15.9 Å². The summed E-state index contributed by atoms with van der Waals surface area (Å²) >= 11 is 0. The van der Waals surface area contributed by atoms with E-state index in [9.17, 15) is 5.11 Å². The zero-order valence-corrected chi connectivity index (χ0v) is 15.6. The summed E-state index contributed by atoms with van der Waals surface area (Å²) in [7, 11) is 1.64. The van der Waals surface area contributed by atoms with Crippen molar-refractivity contribution < 1.29 is 24.1 Å². The van der Waals surface area contributed by atoms with Gasteiger partial charge in [0.2, 0.25) is 0 Å². The predicted octanol–water partition coefficient (Wildman–Crippen LogP) is 0.599. The molecule has 1 N–H and O–H groups in total. The van der Waals surface area contributed by atoms with Gasteiger partial charge in [-0.05, 0) is 17.7 Å². The maximum atomic E-state index is 10.2. The number of hydrogen-bond donors (Lipinski definition) is 1. The third-order valence-corrected chi connectivity index (χ3v) is 4.74. The van der Waals surface area contributed by atoms with Crippen molar-refractivity contribution in [3.8, 4) is 11.5 Å². The first-order valence-corrected chi connectivity index (χ1v) is 9.32. The SMILES string of the molecule is COc1cc(CN2CCOCC2)ccc1OCC(O)CN1CCOCC1. The van der Waals surface area contributed by atoms with Crippen LogP contribution in [0.25, 0.3) is 0 Å². The number of morpholine rings is 2. The van der Waals surface area contributed by atoms with E-state index in [-0.39, 0.29) is 6.61 Å². The Morgan fingerprint density at radius 3 is 2.31 bits per heavy atom. The van der Waals surface area contributed by atoms with Crippen molar-refractivity contribution >= 4 is 0 Å². The molecular weight excluding hydrogens is 336 g/mol. The van der Waals surface area contributed by atoms with Crippen molar-refractivity contribution in [2.75, 3.05) is 72.9 Å². The van der Waals surface area contributed by atoms with Gasteiger partial charge in [0.05, 0.1) is 33.5 Å². The Kier molecular flexibility index (Phi) is 7.52. The molecule has 1 aromatic rings. The van der Waals surface area contributed by atoms with E-state index in [0.717, 1.165) is 59.2 Å². The summed E-state index contributed by atoms with van der Waals surface area (Å²) in [6, 6.07) is 6.00. The molecule has 2 aliphatic heterocycles. The van der Waals surface area contributed by atoms with Gasteiger partial charge >= 0.3 is 0 Å². The van der Waals surface area contributed by atoms with Crippen molar-refractivity contribution in [2.45, 2.75) is 12.6 Å². The summed E-state index contributed by atoms with van der Waals surface area (Å²) in [5.41, 5.74) is 1.19. The lowest BCUT2D eigenvalue weighted by atomic mass is 10.2. The van der Waals surface area contributed by atoms with Gasteiger partial charge in [0.25, 0.3) is 0 Å². The zero-order valence-electron chi connectivity index (χ0n) is 15.6. The van der Waals surface area contributed by atoms with Crippen LogP contribution >= 0.6 is 0 Å². The highest BCUT2D eigenvalue weighted by Gasteiger charge is 2.17. The number of aliphatic hydroxyl groups excluding tert-OH is 1. The lowest BCUT2D eigenvalue weighted by molar-refractivity contribution is 0.00445. The molecule has 1 atom stereocenters. The Morgan fingerprint density at radius 2 is 1.65 bits per heavy atom. The topological polar surface area (TPSA) is 63.6 Å². The van der Waals surface area contributed by atoms with Crippen LogP contribution in [0.4, 0.5) is 0 Å².